The lowest BCUT2D eigenvalue weighted by molar-refractivity contribution is -0.126. The van der Waals surface area contributed by atoms with Gasteiger partial charge in [-0.15, -0.1) is 12.4 Å². The van der Waals surface area contributed by atoms with E-state index in [1.54, 1.807) is 0 Å². The summed E-state index contributed by atoms with van der Waals surface area (Å²) in [4.78, 5) is 26.6. The maximum absolute atomic E-state index is 12.0. The van der Waals surface area contributed by atoms with Gasteiger partial charge < -0.3 is 21.4 Å². The van der Waals surface area contributed by atoms with Crippen LogP contribution >= 0.6 is 12.4 Å². The highest BCUT2D eigenvalue weighted by molar-refractivity contribution is 5.88. The monoisotopic (exact) mass is 338 g/mol. The molecule has 6 nitrogen and oxygen atoms in total. The number of carbonyl (C=O) groups is 2. The van der Waals surface area contributed by atoms with Gasteiger partial charge in [-0.2, -0.15) is 0 Å². The topological polar surface area (TPSA) is 100 Å². The van der Waals surface area contributed by atoms with Crippen LogP contribution in [0.3, 0.4) is 0 Å². The zero-order chi connectivity index (χ0) is 15.9. The fourth-order valence-corrected chi connectivity index (χ4v) is 2.26. The summed E-state index contributed by atoms with van der Waals surface area (Å²) in [5, 5.41) is 6.32. The number of halogens is 1. The van der Waals surface area contributed by atoms with Crippen LogP contribution in [0.15, 0.2) is 30.5 Å². The van der Waals surface area contributed by atoms with E-state index in [4.69, 9.17) is 5.73 Å². The van der Waals surface area contributed by atoms with Crippen molar-refractivity contribution >= 4 is 35.1 Å². The first-order chi connectivity index (χ1) is 10.6. The maximum atomic E-state index is 12.0. The first-order valence-electron chi connectivity index (χ1n) is 7.46. The predicted molar refractivity (Wildman–Crippen MR) is 93.5 cm³/mol. The summed E-state index contributed by atoms with van der Waals surface area (Å²) in [5.74, 6) is -0.522. The number of fused-ring (bicyclic) bond motifs is 1. The molecule has 0 unspecified atom stereocenters. The van der Waals surface area contributed by atoms with Gasteiger partial charge in [0.1, 0.15) is 0 Å². The highest BCUT2D eigenvalue weighted by Crippen LogP contribution is 2.18. The van der Waals surface area contributed by atoms with Crippen LogP contribution in [-0.4, -0.2) is 35.9 Å². The normalized spacial score (nSPS) is 11.6. The van der Waals surface area contributed by atoms with Gasteiger partial charge in [0, 0.05) is 23.6 Å². The molecule has 2 rings (SSSR count). The molecule has 0 saturated heterocycles. The summed E-state index contributed by atoms with van der Waals surface area (Å²) in [6.07, 6.45) is 3.15. The van der Waals surface area contributed by atoms with Crippen molar-refractivity contribution in [2.45, 2.75) is 25.8 Å². The molecule has 1 heterocycles. The first-order valence-corrected chi connectivity index (χ1v) is 7.46. The molecule has 0 radical (unpaired) electrons. The summed E-state index contributed by atoms with van der Waals surface area (Å²) >= 11 is 0. The van der Waals surface area contributed by atoms with Crippen molar-refractivity contribution in [3.8, 4) is 0 Å². The van der Waals surface area contributed by atoms with E-state index in [0.717, 1.165) is 22.9 Å². The number of rotatable bonds is 7. The molecular formula is C16H23ClN4O2. The molecule has 0 aliphatic rings. The molecule has 23 heavy (non-hydrogen) atoms. The number of benzene rings is 1. The number of amides is 2. The van der Waals surface area contributed by atoms with Crippen molar-refractivity contribution < 1.29 is 9.59 Å². The van der Waals surface area contributed by atoms with E-state index in [9.17, 15) is 9.59 Å². The third kappa shape index (κ3) is 5.26. The van der Waals surface area contributed by atoms with Crippen LogP contribution in [0, 0.1) is 0 Å². The molecule has 0 spiro atoms. The van der Waals surface area contributed by atoms with E-state index < -0.39 is 6.04 Å². The second-order valence-corrected chi connectivity index (χ2v) is 5.24. The Morgan fingerprint density at radius 1 is 1.26 bits per heavy atom. The Bertz CT molecular complexity index is 656. The van der Waals surface area contributed by atoms with Crippen LogP contribution in [0.1, 0.15) is 18.9 Å². The van der Waals surface area contributed by atoms with Crippen molar-refractivity contribution in [1.29, 1.82) is 0 Å². The van der Waals surface area contributed by atoms with Crippen LogP contribution in [0.25, 0.3) is 10.9 Å². The zero-order valence-electron chi connectivity index (χ0n) is 13.1. The molecule has 1 atom stereocenters. The summed E-state index contributed by atoms with van der Waals surface area (Å²) in [7, 11) is 0. The molecule has 1 aromatic carbocycles. The molecule has 0 fully saturated rings. The fourth-order valence-electron chi connectivity index (χ4n) is 2.26. The Balaban J connectivity index is 0.00000264. The van der Waals surface area contributed by atoms with Crippen molar-refractivity contribution in [3.63, 3.8) is 0 Å². The molecule has 0 aliphatic carbocycles. The fraction of sp³-hybridized carbons (Fsp3) is 0.375. The summed E-state index contributed by atoms with van der Waals surface area (Å²) in [6, 6.07) is 7.18. The molecular weight excluding hydrogens is 316 g/mol. The number of hydrogen-bond acceptors (Lipinski definition) is 3. The highest BCUT2D eigenvalue weighted by Gasteiger charge is 2.16. The number of aromatic nitrogens is 1. The number of aromatic amines is 1. The van der Waals surface area contributed by atoms with Crippen molar-refractivity contribution in [2.75, 3.05) is 13.1 Å². The van der Waals surface area contributed by atoms with E-state index in [0.29, 0.717) is 13.0 Å². The minimum absolute atomic E-state index is 0. The molecule has 0 aliphatic heterocycles. The lowest BCUT2D eigenvalue weighted by Gasteiger charge is -2.12. The number of hydrogen-bond donors (Lipinski definition) is 4. The van der Waals surface area contributed by atoms with Gasteiger partial charge >= 0.3 is 0 Å². The van der Waals surface area contributed by atoms with Gasteiger partial charge in [-0.3, -0.25) is 9.59 Å². The number of para-hydroxylation sites is 1. The minimum Gasteiger partial charge on any atom is -0.361 e. The Morgan fingerprint density at radius 3 is 2.74 bits per heavy atom. The summed E-state index contributed by atoms with van der Waals surface area (Å²) in [5.41, 5.74) is 7.94. The average Bonchev–Trinajstić information content (AvgIpc) is 2.93. The van der Waals surface area contributed by atoms with Crippen LogP contribution in [0.4, 0.5) is 0 Å². The number of nitrogens with two attached hydrogens (primary N) is 1. The second kappa shape index (κ2) is 9.17. The van der Waals surface area contributed by atoms with Gasteiger partial charge in [0.15, 0.2) is 0 Å². The largest absolute Gasteiger partial charge is 0.361 e. The van der Waals surface area contributed by atoms with Gasteiger partial charge in [0.2, 0.25) is 11.8 Å². The molecule has 1 aromatic heterocycles. The summed E-state index contributed by atoms with van der Waals surface area (Å²) < 4.78 is 0. The van der Waals surface area contributed by atoms with Crippen LogP contribution in [0.5, 0.6) is 0 Å². The number of H-pyrrole nitrogens is 1. The summed E-state index contributed by atoms with van der Waals surface area (Å²) in [6.45, 7) is 2.53. The average molecular weight is 339 g/mol. The Kier molecular flexibility index (Phi) is 7.57. The smallest absolute Gasteiger partial charge is 0.239 e. The van der Waals surface area contributed by atoms with Crippen LogP contribution < -0.4 is 16.4 Å². The molecule has 0 saturated carbocycles. The van der Waals surface area contributed by atoms with Gasteiger partial charge in [-0.05, 0) is 24.5 Å². The van der Waals surface area contributed by atoms with Gasteiger partial charge in [0.05, 0.1) is 12.6 Å². The lowest BCUT2D eigenvalue weighted by Crippen LogP contribution is -2.45. The first kappa shape index (κ1) is 19.0. The van der Waals surface area contributed by atoms with Crippen molar-refractivity contribution in [3.05, 3.63) is 36.0 Å². The van der Waals surface area contributed by atoms with Crippen molar-refractivity contribution in [2.24, 2.45) is 5.73 Å². The molecule has 126 valence electrons. The predicted octanol–water partition coefficient (Wildman–Crippen LogP) is 1.10. The molecule has 0 bridgehead atoms. The third-order valence-electron chi connectivity index (χ3n) is 3.45. The third-order valence-corrected chi connectivity index (χ3v) is 3.45. The molecule has 2 amide bonds. The van der Waals surface area contributed by atoms with E-state index >= 15 is 0 Å². The van der Waals surface area contributed by atoms with Gasteiger partial charge in [-0.1, -0.05) is 25.1 Å². The Hall–Kier alpha value is -2.05. The van der Waals surface area contributed by atoms with Gasteiger partial charge in [-0.25, -0.2) is 0 Å². The van der Waals surface area contributed by atoms with E-state index in [2.05, 4.69) is 15.6 Å². The Morgan fingerprint density at radius 2 is 2.00 bits per heavy atom. The molecule has 2 aromatic rings. The second-order valence-electron chi connectivity index (χ2n) is 5.24. The number of nitrogens with one attached hydrogen (secondary N) is 3. The van der Waals surface area contributed by atoms with E-state index in [1.165, 1.54) is 0 Å². The van der Waals surface area contributed by atoms with Crippen LogP contribution in [0.2, 0.25) is 0 Å². The number of carbonyl (C=O) groups excluding carboxylic acids is 2. The quantitative estimate of drug-likeness (QED) is 0.608. The standard InChI is InChI=1S/C16H22N4O2.ClH/c1-2-7-18-15(21)10-20-16(22)13(17)8-11-9-19-14-6-4-3-5-12(11)14;/h3-6,9,13,19H,2,7-8,10,17H2,1H3,(H,18,21)(H,20,22);1H/t13-;/m0./s1. The minimum atomic E-state index is -0.682. The van der Waals surface area contributed by atoms with E-state index in [1.807, 2.05) is 37.4 Å². The van der Waals surface area contributed by atoms with Crippen LogP contribution in [-0.2, 0) is 16.0 Å². The highest BCUT2D eigenvalue weighted by atomic mass is 35.5. The van der Waals surface area contributed by atoms with E-state index in [-0.39, 0.29) is 30.8 Å². The maximum Gasteiger partial charge on any atom is 0.239 e. The molecule has 5 N–H and O–H groups in total. The molecule has 7 heteroatoms. The zero-order valence-corrected chi connectivity index (χ0v) is 13.9. The van der Waals surface area contributed by atoms with Crippen molar-refractivity contribution in [1.82, 2.24) is 15.6 Å². The SMILES string of the molecule is CCCNC(=O)CNC(=O)[C@@H](N)Cc1c[nH]c2ccccc12.Cl. The lowest BCUT2D eigenvalue weighted by atomic mass is 10.1. The Labute approximate surface area is 141 Å². The van der Waals surface area contributed by atoms with Gasteiger partial charge in [0.25, 0.3) is 0 Å².